The third-order valence-corrected chi connectivity index (χ3v) is 3.55. The van der Waals surface area contributed by atoms with Crippen LogP contribution in [0, 0.1) is 0 Å². The molecular weight excluding hydrogens is 340 g/mol. The molecule has 0 aliphatic rings. The van der Waals surface area contributed by atoms with Gasteiger partial charge in [-0.25, -0.2) is 0 Å². The molecule has 0 aliphatic heterocycles. The minimum absolute atomic E-state index is 0. The van der Waals surface area contributed by atoms with Crippen molar-refractivity contribution in [3.05, 3.63) is 71.3 Å². The number of hydrogen-bond acceptors (Lipinski definition) is 4. The molecule has 2 aromatic rings. The quantitative estimate of drug-likeness (QED) is 0.716. The molecule has 0 saturated heterocycles. The lowest BCUT2D eigenvalue weighted by atomic mass is 10.1. The summed E-state index contributed by atoms with van der Waals surface area (Å²) in [7, 11) is 1.52. The largest absolute Gasteiger partial charge is 0.383 e. The van der Waals surface area contributed by atoms with Gasteiger partial charge in [0.1, 0.15) is 6.04 Å². The maximum Gasteiger partial charge on any atom is 0.239 e. The lowest BCUT2D eigenvalue weighted by molar-refractivity contribution is -0.123. The summed E-state index contributed by atoms with van der Waals surface area (Å²) in [6.07, 6.45) is 0. The smallest absolute Gasteiger partial charge is 0.239 e. The first-order valence-electron chi connectivity index (χ1n) is 7.90. The summed E-state index contributed by atoms with van der Waals surface area (Å²) in [6.45, 7) is 1.81. The van der Waals surface area contributed by atoms with Crippen molar-refractivity contribution in [2.24, 2.45) is 5.73 Å². The number of nitrogens with two attached hydrogens (primary N) is 1. The SMILES string of the molecule is COCC(N)C(=O)NCc1ccc(COCc2ccccc2)cc1.Cl. The van der Waals surface area contributed by atoms with E-state index in [2.05, 4.69) is 5.32 Å². The molecule has 0 fully saturated rings. The number of carbonyl (C=O) groups is 1. The first kappa shape index (κ1) is 21.1. The zero-order chi connectivity index (χ0) is 17.2. The maximum absolute atomic E-state index is 11.7. The molecule has 0 aliphatic carbocycles. The van der Waals surface area contributed by atoms with E-state index in [0.717, 1.165) is 16.7 Å². The van der Waals surface area contributed by atoms with Crippen molar-refractivity contribution in [1.82, 2.24) is 5.32 Å². The van der Waals surface area contributed by atoms with E-state index in [0.29, 0.717) is 19.8 Å². The average Bonchev–Trinajstić information content (AvgIpc) is 2.62. The number of rotatable bonds is 9. The van der Waals surface area contributed by atoms with E-state index in [1.807, 2.05) is 54.6 Å². The summed E-state index contributed by atoms with van der Waals surface area (Å²) in [5, 5.41) is 2.79. The predicted octanol–water partition coefficient (Wildman–Crippen LogP) is 2.42. The predicted molar refractivity (Wildman–Crippen MR) is 100 cm³/mol. The van der Waals surface area contributed by atoms with Crippen molar-refractivity contribution in [1.29, 1.82) is 0 Å². The standard InChI is InChI=1S/C19H24N2O3.ClH/c1-23-14-18(20)19(22)21-11-15-7-9-17(10-8-15)13-24-12-16-5-3-2-4-6-16;/h2-10,18H,11-14,20H2,1H3,(H,21,22);1H. The Morgan fingerprint density at radius 2 is 1.56 bits per heavy atom. The molecule has 0 bridgehead atoms. The Morgan fingerprint density at radius 1 is 1.00 bits per heavy atom. The van der Waals surface area contributed by atoms with Gasteiger partial charge in [-0.2, -0.15) is 0 Å². The molecule has 2 rings (SSSR count). The Labute approximate surface area is 154 Å². The van der Waals surface area contributed by atoms with Gasteiger partial charge in [-0.1, -0.05) is 54.6 Å². The van der Waals surface area contributed by atoms with Crippen molar-refractivity contribution in [3.63, 3.8) is 0 Å². The fraction of sp³-hybridized carbons (Fsp3) is 0.316. The second-order valence-electron chi connectivity index (χ2n) is 5.57. The highest BCUT2D eigenvalue weighted by Crippen LogP contribution is 2.08. The Bertz CT molecular complexity index is 620. The normalized spacial score (nSPS) is 11.4. The van der Waals surface area contributed by atoms with E-state index >= 15 is 0 Å². The summed E-state index contributed by atoms with van der Waals surface area (Å²) in [5.74, 6) is -0.216. The van der Waals surface area contributed by atoms with Gasteiger partial charge in [-0.3, -0.25) is 4.79 Å². The molecule has 3 N–H and O–H groups in total. The highest BCUT2D eigenvalue weighted by Gasteiger charge is 2.12. The Hall–Kier alpha value is -1.92. The van der Waals surface area contributed by atoms with Crippen molar-refractivity contribution >= 4 is 18.3 Å². The number of ether oxygens (including phenoxy) is 2. The Balaban J connectivity index is 0.00000312. The van der Waals surface area contributed by atoms with Gasteiger partial charge in [-0.15, -0.1) is 12.4 Å². The number of carbonyl (C=O) groups excluding carboxylic acids is 1. The first-order chi connectivity index (χ1) is 11.7. The number of benzene rings is 2. The van der Waals surface area contributed by atoms with Gasteiger partial charge in [0.2, 0.25) is 5.91 Å². The molecule has 0 spiro atoms. The van der Waals surface area contributed by atoms with Crippen LogP contribution in [0.25, 0.3) is 0 Å². The molecule has 0 radical (unpaired) electrons. The van der Waals surface area contributed by atoms with E-state index in [1.165, 1.54) is 7.11 Å². The lowest BCUT2D eigenvalue weighted by Crippen LogP contribution is -2.43. The number of methoxy groups -OCH3 is 1. The maximum atomic E-state index is 11.7. The summed E-state index contributed by atoms with van der Waals surface area (Å²) < 4.78 is 10.6. The second kappa shape index (κ2) is 11.6. The average molecular weight is 365 g/mol. The van der Waals surface area contributed by atoms with Crippen LogP contribution in [0.3, 0.4) is 0 Å². The van der Waals surface area contributed by atoms with Gasteiger partial charge in [0.15, 0.2) is 0 Å². The zero-order valence-corrected chi connectivity index (χ0v) is 15.1. The molecule has 25 heavy (non-hydrogen) atoms. The molecule has 1 atom stereocenters. The van der Waals surface area contributed by atoms with Crippen LogP contribution in [0.4, 0.5) is 0 Å². The highest BCUT2D eigenvalue weighted by atomic mass is 35.5. The van der Waals surface area contributed by atoms with Gasteiger partial charge in [0.25, 0.3) is 0 Å². The van der Waals surface area contributed by atoms with Crippen LogP contribution in [0.2, 0.25) is 0 Å². The van der Waals surface area contributed by atoms with Gasteiger partial charge in [0, 0.05) is 13.7 Å². The summed E-state index contributed by atoms with van der Waals surface area (Å²) in [4.78, 5) is 11.7. The van der Waals surface area contributed by atoms with Crippen LogP contribution in [0.1, 0.15) is 16.7 Å². The Morgan fingerprint density at radius 3 is 2.16 bits per heavy atom. The molecule has 136 valence electrons. The van der Waals surface area contributed by atoms with Crippen LogP contribution in [-0.4, -0.2) is 25.7 Å². The first-order valence-corrected chi connectivity index (χ1v) is 7.90. The van der Waals surface area contributed by atoms with Gasteiger partial charge >= 0.3 is 0 Å². The van der Waals surface area contributed by atoms with Crippen LogP contribution >= 0.6 is 12.4 Å². The zero-order valence-electron chi connectivity index (χ0n) is 14.3. The fourth-order valence-electron chi connectivity index (χ4n) is 2.19. The molecule has 0 aromatic heterocycles. The second-order valence-corrected chi connectivity index (χ2v) is 5.57. The van der Waals surface area contributed by atoms with Gasteiger partial charge in [-0.05, 0) is 16.7 Å². The summed E-state index contributed by atoms with van der Waals surface area (Å²) in [6, 6.07) is 17.4. The van der Waals surface area contributed by atoms with E-state index < -0.39 is 6.04 Å². The molecule has 6 heteroatoms. The summed E-state index contributed by atoms with van der Waals surface area (Å²) >= 11 is 0. The number of amides is 1. The number of hydrogen-bond donors (Lipinski definition) is 2. The fourth-order valence-corrected chi connectivity index (χ4v) is 2.19. The molecular formula is C19H25ClN2O3. The van der Waals surface area contributed by atoms with Gasteiger partial charge < -0.3 is 20.5 Å². The van der Waals surface area contributed by atoms with E-state index in [4.69, 9.17) is 15.2 Å². The molecule has 2 aromatic carbocycles. The topological polar surface area (TPSA) is 73.6 Å². The third kappa shape index (κ3) is 7.67. The molecule has 1 amide bonds. The third-order valence-electron chi connectivity index (χ3n) is 3.55. The van der Waals surface area contributed by atoms with Crippen molar-refractivity contribution in [3.8, 4) is 0 Å². The molecule has 5 nitrogen and oxygen atoms in total. The molecule has 0 saturated carbocycles. The van der Waals surface area contributed by atoms with Crippen LogP contribution < -0.4 is 11.1 Å². The minimum atomic E-state index is -0.638. The molecule has 0 heterocycles. The highest BCUT2D eigenvalue weighted by molar-refractivity contribution is 5.85. The van der Waals surface area contributed by atoms with Crippen LogP contribution in [0.5, 0.6) is 0 Å². The lowest BCUT2D eigenvalue weighted by Gasteiger charge is -2.11. The number of nitrogens with one attached hydrogen (secondary N) is 1. The van der Waals surface area contributed by atoms with Crippen molar-refractivity contribution in [2.45, 2.75) is 25.8 Å². The van der Waals surface area contributed by atoms with Crippen molar-refractivity contribution in [2.75, 3.05) is 13.7 Å². The molecule has 1 unspecified atom stereocenters. The van der Waals surface area contributed by atoms with Gasteiger partial charge in [0.05, 0.1) is 19.8 Å². The van der Waals surface area contributed by atoms with Crippen LogP contribution in [-0.2, 0) is 34.0 Å². The minimum Gasteiger partial charge on any atom is -0.383 e. The monoisotopic (exact) mass is 364 g/mol. The number of halogens is 1. The van der Waals surface area contributed by atoms with Crippen LogP contribution in [0.15, 0.2) is 54.6 Å². The van der Waals surface area contributed by atoms with E-state index in [9.17, 15) is 4.79 Å². The van der Waals surface area contributed by atoms with E-state index in [-0.39, 0.29) is 24.9 Å². The van der Waals surface area contributed by atoms with E-state index in [1.54, 1.807) is 0 Å². The summed E-state index contributed by atoms with van der Waals surface area (Å²) in [5.41, 5.74) is 8.93. The van der Waals surface area contributed by atoms with Crippen molar-refractivity contribution < 1.29 is 14.3 Å². The Kier molecular flexibility index (Phi) is 9.80.